The predicted octanol–water partition coefficient (Wildman–Crippen LogP) is 5.05. The summed E-state index contributed by atoms with van der Waals surface area (Å²) in [7, 11) is 0. The maximum Gasteiger partial charge on any atom is 0.335 e. The topological polar surface area (TPSA) is 46.5 Å². The molecular weight excluding hydrogens is 345 g/mol. The Morgan fingerprint density at radius 2 is 1.88 bits per heavy atom. The molecular formula is C17H12ClF3O3. The van der Waals surface area contributed by atoms with Crippen molar-refractivity contribution in [3.63, 3.8) is 0 Å². The summed E-state index contributed by atoms with van der Waals surface area (Å²) in [6.45, 7) is -0.902. The maximum atomic E-state index is 13.0. The monoisotopic (exact) mass is 356 g/mol. The van der Waals surface area contributed by atoms with Gasteiger partial charge in [-0.3, -0.25) is 0 Å². The molecule has 1 atom stereocenters. The van der Waals surface area contributed by atoms with Gasteiger partial charge >= 0.3 is 5.97 Å². The van der Waals surface area contributed by atoms with E-state index in [1.165, 1.54) is 6.08 Å². The molecule has 3 nitrogen and oxygen atoms in total. The fourth-order valence-electron chi connectivity index (χ4n) is 2.41. The van der Waals surface area contributed by atoms with Crippen molar-refractivity contribution in [3.8, 4) is 16.9 Å². The minimum Gasteiger partial charge on any atom is -0.482 e. The smallest absolute Gasteiger partial charge is 0.335 e. The average Bonchev–Trinajstić information content (AvgIpc) is 2.62. The number of carbonyl (C=O) groups is 1. The number of ether oxygens (including phenoxy) is 1. The molecule has 7 heteroatoms. The number of hydrogen-bond donors (Lipinski definition) is 1. The third kappa shape index (κ3) is 3.54. The van der Waals surface area contributed by atoms with E-state index in [0.29, 0.717) is 16.3 Å². The summed E-state index contributed by atoms with van der Waals surface area (Å²) >= 11 is 6.29. The first kappa shape index (κ1) is 17.9. The van der Waals surface area contributed by atoms with Crippen LogP contribution in [0.5, 0.6) is 5.75 Å². The Morgan fingerprint density at radius 1 is 1.21 bits per heavy atom. The van der Waals surface area contributed by atoms with Crippen LogP contribution in [-0.4, -0.2) is 23.9 Å². The molecule has 1 unspecified atom stereocenters. The SMILES string of the molecule is FF.O=C(O)C1=Cc2cc(Cl)c(-c3ccccc3)cc2OC1CF. The molecule has 0 bridgehead atoms. The Morgan fingerprint density at radius 3 is 2.46 bits per heavy atom. The molecule has 0 spiro atoms. The van der Waals surface area contributed by atoms with Crippen molar-refractivity contribution in [1.82, 2.24) is 0 Å². The van der Waals surface area contributed by atoms with Crippen LogP contribution in [0.3, 0.4) is 0 Å². The van der Waals surface area contributed by atoms with Crippen LogP contribution in [0.25, 0.3) is 17.2 Å². The summed E-state index contributed by atoms with van der Waals surface area (Å²) in [5, 5.41) is 9.60. The van der Waals surface area contributed by atoms with Crippen LogP contribution in [0, 0.1) is 0 Å². The maximum absolute atomic E-state index is 13.0. The van der Waals surface area contributed by atoms with Gasteiger partial charge in [0.2, 0.25) is 0 Å². The highest BCUT2D eigenvalue weighted by molar-refractivity contribution is 6.33. The summed E-state index contributed by atoms with van der Waals surface area (Å²) in [6, 6.07) is 12.8. The van der Waals surface area contributed by atoms with Crippen molar-refractivity contribution < 1.29 is 28.2 Å². The van der Waals surface area contributed by atoms with Crippen LogP contribution >= 0.6 is 11.6 Å². The molecule has 1 N–H and O–H groups in total. The highest BCUT2D eigenvalue weighted by Crippen LogP contribution is 2.38. The minimum atomic E-state index is -1.20. The standard InChI is InChI=1S/C17H12ClFO3.F2/c18-14-7-11-6-13(17(20)21)16(9-19)22-15(11)8-12(14)10-4-2-1-3-5-10;1-2/h1-8,16H,9H2,(H,20,21);. The van der Waals surface area contributed by atoms with Crippen molar-refractivity contribution in [2.45, 2.75) is 6.10 Å². The number of aliphatic carboxylic acids is 1. The molecule has 3 rings (SSSR count). The van der Waals surface area contributed by atoms with Gasteiger partial charge in [0.05, 0.1) is 5.57 Å². The van der Waals surface area contributed by atoms with Gasteiger partial charge in [0.1, 0.15) is 12.4 Å². The number of benzene rings is 2. The van der Waals surface area contributed by atoms with E-state index in [0.717, 1.165) is 11.1 Å². The fraction of sp³-hybridized carbons (Fsp3) is 0.118. The zero-order valence-corrected chi connectivity index (χ0v) is 12.9. The van der Waals surface area contributed by atoms with E-state index in [1.54, 1.807) is 12.1 Å². The number of hydrogen-bond acceptors (Lipinski definition) is 2. The van der Waals surface area contributed by atoms with Crippen molar-refractivity contribution in [3.05, 3.63) is 58.6 Å². The lowest BCUT2D eigenvalue weighted by Crippen LogP contribution is -2.29. The molecule has 0 radical (unpaired) electrons. The van der Waals surface area contributed by atoms with Gasteiger partial charge in [0.25, 0.3) is 0 Å². The third-order valence-corrected chi connectivity index (χ3v) is 3.81. The van der Waals surface area contributed by atoms with E-state index in [1.807, 2.05) is 30.3 Å². The number of fused-ring (bicyclic) bond motifs is 1. The molecule has 2 aromatic carbocycles. The number of alkyl halides is 1. The lowest BCUT2D eigenvalue weighted by Gasteiger charge is -2.24. The summed E-state index contributed by atoms with van der Waals surface area (Å²) < 4.78 is 34.5. The molecule has 1 aliphatic heterocycles. The lowest BCUT2D eigenvalue weighted by atomic mass is 9.98. The van der Waals surface area contributed by atoms with Crippen LogP contribution in [0.2, 0.25) is 5.02 Å². The highest BCUT2D eigenvalue weighted by atomic mass is 35.5. The van der Waals surface area contributed by atoms with Gasteiger partial charge in [-0.05, 0) is 23.8 Å². The average molecular weight is 357 g/mol. The van der Waals surface area contributed by atoms with E-state index < -0.39 is 18.7 Å². The van der Waals surface area contributed by atoms with Crippen molar-refractivity contribution in [2.75, 3.05) is 6.67 Å². The van der Waals surface area contributed by atoms with Gasteiger partial charge in [-0.1, -0.05) is 41.9 Å². The van der Waals surface area contributed by atoms with Crippen LogP contribution in [0.1, 0.15) is 5.56 Å². The van der Waals surface area contributed by atoms with Gasteiger partial charge in [-0.25, -0.2) is 9.18 Å². The Hall–Kier alpha value is -2.47. The molecule has 126 valence electrons. The molecule has 0 fully saturated rings. The van der Waals surface area contributed by atoms with Gasteiger partial charge in [-0.15, -0.1) is 0 Å². The van der Waals surface area contributed by atoms with E-state index >= 15 is 0 Å². The van der Waals surface area contributed by atoms with Crippen molar-refractivity contribution in [2.24, 2.45) is 0 Å². The van der Waals surface area contributed by atoms with Crippen molar-refractivity contribution in [1.29, 1.82) is 0 Å². The molecule has 0 aliphatic carbocycles. The number of halogens is 4. The summed E-state index contributed by atoms with van der Waals surface area (Å²) in [6.07, 6.45) is 0.307. The van der Waals surface area contributed by atoms with Crippen LogP contribution in [0.15, 0.2) is 48.0 Å². The number of rotatable bonds is 3. The third-order valence-electron chi connectivity index (χ3n) is 3.50. The quantitative estimate of drug-likeness (QED) is 0.837. The van der Waals surface area contributed by atoms with Gasteiger partial charge < -0.3 is 9.84 Å². The second kappa shape index (κ2) is 7.88. The van der Waals surface area contributed by atoms with Crippen LogP contribution < -0.4 is 4.74 Å². The highest BCUT2D eigenvalue weighted by Gasteiger charge is 2.28. The zero-order valence-electron chi connectivity index (χ0n) is 12.2. The number of carboxylic acids is 1. The van der Waals surface area contributed by atoms with E-state index in [9.17, 15) is 9.18 Å². The van der Waals surface area contributed by atoms with Crippen LogP contribution in [-0.2, 0) is 4.79 Å². The normalized spacial score (nSPS) is 15.3. The Kier molecular flexibility index (Phi) is 5.87. The molecule has 0 saturated heterocycles. The fourth-order valence-corrected chi connectivity index (χ4v) is 2.70. The molecule has 1 aliphatic rings. The summed E-state index contributed by atoms with van der Waals surface area (Å²) in [5.41, 5.74) is 2.08. The number of carboxylic acid groups (broad SMARTS) is 1. The second-order valence-electron chi connectivity index (χ2n) is 4.90. The van der Waals surface area contributed by atoms with Crippen LogP contribution in [0.4, 0.5) is 13.5 Å². The molecule has 0 aromatic heterocycles. The summed E-state index contributed by atoms with van der Waals surface area (Å²) in [4.78, 5) is 11.2. The molecule has 2 aromatic rings. The van der Waals surface area contributed by atoms with E-state index in [4.69, 9.17) is 30.6 Å². The summed E-state index contributed by atoms with van der Waals surface area (Å²) in [5.74, 6) is -0.771. The largest absolute Gasteiger partial charge is 0.482 e. The van der Waals surface area contributed by atoms with Gasteiger partial charge in [0.15, 0.2) is 6.10 Å². The zero-order chi connectivity index (χ0) is 17.7. The van der Waals surface area contributed by atoms with Gasteiger partial charge in [-0.2, -0.15) is 0 Å². The lowest BCUT2D eigenvalue weighted by molar-refractivity contribution is -0.133. The van der Waals surface area contributed by atoms with E-state index in [-0.39, 0.29) is 5.57 Å². The first-order valence-electron chi connectivity index (χ1n) is 6.81. The van der Waals surface area contributed by atoms with E-state index in [2.05, 4.69) is 0 Å². The second-order valence-corrected chi connectivity index (χ2v) is 5.31. The molecule has 24 heavy (non-hydrogen) atoms. The first-order valence-corrected chi connectivity index (χ1v) is 7.18. The first-order chi connectivity index (χ1) is 11.6. The molecule has 0 amide bonds. The van der Waals surface area contributed by atoms with Crippen molar-refractivity contribution >= 4 is 23.6 Å². The van der Waals surface area contributed by atoms with Gasteiger partial charge in [0, 0.05) is 25.3 Å². The Labute approximate surface area is 140 Å². The molecule has 0 saturated carbocycles. The predicted molar refractivity (Wildman–Crippen MR) is 85.1 cm³/mol. The Balaban J connectivity index is 0.00000100. The minimum absolute atomic E-state index is 0.112. The molecule has 1 heterocycles. The Bertz CT molecular complexity index is 763.